The summed E-state index contributed by atoms with van der Waals surface area (Å²) >= 11 is 6.75. The molecule has 0 amide bonds. The van der Waals surface area contributed by atoms with Crippen molar-refractivity contribution in [3.05, 3.63) is 52.8 Å². The SMILES string of the molecule is CCCc1cc(-c2nn3c(-c4ccccc4)nc(=S)nc3s2)c(OC)cc1OC. The average molecular weight is 425 g/mol. The van der Waals surface area contributed by atoms with Gasteiger partial charge >= 0.3 is 0 Å². The normalized spacial score (nSPS) is 11.0. The molecule has 0 saturated heterocycles. The lowest BCUT2D eigenvalue weighted by Crippen LogP contribution is -2.00. The summed E-state index contributed by atoms with van der Waals surface area (Å²) < 4.78 is 13.2. The second-order valence-electron chi connectivity index (χ2n) is 6.41. The third kappa shape index (κ3) is 3.73. The fraction of sp³-hybridized carbons (Fsp3) is 0.238. The van der Waals surface area contributed by atoms with Crippen molar-refractivity contribution in [1.82, 2.24) is 19.6 Å². The Labute approximate surface area is 177 Å². The Morgan fingerprint density at radius 1 is 1.03 bits per heavy atom. The number of aromatic nitrogens is 4. The smallest absolute Gasteiger partial charge is 0.223 e. The highest BCUT2D eigenvalue weighted by molar-refractivity contribution is 7.71. The molecule has 0 radical (unpaired) electrons. The molecular formula is C21H20N4O2S2. The van der Waals surface area contributed by atoms with Gasteiger partial charge in [-0.2, -0.15) is 19.6 Å². The molecule has 2 heterocycles. The standard InChI is InChI=1S/C21H20N4O2S2/c1-4-8-14-11-15(17(27-3)12-16(14)26-2)19-24-25-18(13-9-6-5-7-10-13)22-20(28)23-21(25)29-19/h5-7,9-12H,4,8H2,1-3H3. The van der Waals surface area contributed by atoms with Crippen molar-refractivity contribution in [3.8, 4) is 33.5 Å². The Kier molecular flexibility index (Phi) is 5.55. The van der Waals surface area contributed by atoms with Crippen LogP contribution in [0, 0.1) is 4.77 Å². The van der Waals surface area contributed by atoms with Crippen molar-refractivity contribution in [3.63, 3.8) is 0 Å². The predicted octanol–water partition coefficient (Wildman–Crippen LogP) is 5.22. The van der Waals surface area contributed by atoms with Crippen molar-refractivity contribution in [2.24, 2.45) is 0 Å². The highest BCUT2D eigenvalue weighted by Gasteiger charge is 2.18. The van der Waals surface area contributed by atoms with E-state index in [1.54, 1.807) is 18.7 Å². The molecule has 29 heavy (non-hydrogen) atoms. The maximum Gasteiger partial charge on any atom is 0.223 e. The molecule has 6 nitrogen and oxygen atoms in total. The number of ether oxygens (including phenoxy) is 2. The van der Waals surface area contributed by atoms with E-state index < -0.39 is 0 Å². The Hall–Kier alpha value is -2.84. The van der Waals surface area contributed by atoms with Gasteiger partial charge in [-0.25, -0.2) is 0 Å². The molecule has 4 aromatic rings. The zero-order valence-electron chi connectivity index (χ0n) is 16.4. The van der Waals surface area contributed by atoms with E-state index in [0.717, 1.165) is 40.3 Å². The molecule has 0 bridgehead atoms. The molecule has 0 atom stereocenters. The minimum Gasteiger partial charge on any atom is -0.496 e. The first kappa shape index (κ1) is 19.5. The molecule has 0 spiro atoms. The first-order valence-corrected chi connectivity index (χ1v) is 10.5. The van der Waals surface area contributed by atoms with E-state index in [1.807, 2.05) is 36.4 Å². The van der Waals surface area contributed by atoms with Gasteiger partial charge in [0, 0.05) is 11.6 Å². The number of hydrogen-bond donors (Lipinski definition) is 0. The van der Waals surface area contributed by atoms with Gasteiger partial charge in [0.15, 0.2) is 10.8 Å². The van der Waals surface area contributed by atoms with Gasteiger partial charge in [-0.15, -0.1) is 0 Å². The summed E-state index contributed by atoms with van der Waals surface area (Å²) in [5.41, 5.74) is 2.95. The first-order valence-electron chi connectivity index (χ1n) is 9.23. The summed E-state index contributed by atoms with van der Waals surface area (Å²) in [6.07, 6.45) is 1.92. The molecule has 0 aliphatic heterocycles. The van der Waals surface area contributed by atoms with Gasteiger partial charge in [0.05, 0.1) is 19.8 Å². The van der Waals surface area contributed by atoms with Crippen LogP contribution in [0.5, 0.6) is 11.5 Å². The topological polar surface area (TPSA) is 61.5 Å². The fourth-order valence-electron chi connectivity index (χ4n) is 3.22. The maximum atomic E-state index is 5.63. The monoisotopic (exact) mass is 424 g/mol. The van der Waals surface area contributed by atoms with Crippen LogP contribution in [-0.4, -0.2) is 33.8 Å². The van der Waals surface area contributed by atoms with Crippen molar-refractivity contribution in [2.75, 3.05) is 14.2 Å². The van der Waals surface area contributed by atoms with E-state index in [-0.39, 0.29) is 0 Å². The molecule has 2 aromatic carbocycles. The Balaban J connectivity index is 1.94. The maximum absolute atomic E-state index is 5.63. The van der Waals surface area contributed by atoms with Crippen LogP contribution in [0.2, 0.25) is 0 Å². The molecule has 148 valence electrons. The number of hydrogen-bond acceptors (Lipinski definition) is 7. The van der Waals surface area contributed by atoms with Gasteiger partial charge in [-0.05, 0) is 30.3 Å². The van der Waals surface area contributed by atoms with E-state index in [1.165, 1.54) is 11.3 Å². The largest absolute Gasteiger partial charge is 0.496 e. The van der Waals surface area contributed by atoms with Crippen molar-refractivity contribution in [1.29, 1.82) is 0 Å². The average Bonchev–Trinajstić information content (AvgIpc) is 3.17. The molecule has 0 aliphatic rings. The molecule has 0 unspecified atom stereocenters. The van der Waals surface area contributed by atoms with Crippen molar-refractivity contribution >= 4 is 28.5 Å². The summed E-state index contributed by atoms with van der Waals surface area (Å²) in [6.45, 7) is 2.14. The van der Waals surface area contributed by atoms with E-state index >= 15 is 0 Å². The Bertz CT molecular complexity index is 1220. The predicted molar refractivity (Wildman–Crippen MR) is 117 cm³/mol. The zero-order valence-corrected chi connectivity index (χ0v) is 18.0. The minimum atomic E-state index is 0.299. The molecule has 2 aromatic heterocycles. The van der Waals surface area contributed by atoms with Crippen LogP contribution in [0.1, 0.15) is 18.9 Å². The van der Waals surface area contributed by atoms with Gasteiger partial charge in [-0.1, -0.05) is 55.0 Å². The van der Waals surface area contributed by atoms with E-state index in [4.69, 9.17) is 26.8 Å². The lowest BCUT2D eigenvalue weighted by atomic mass is 10.0. The van der Waals surface area contributed by atoms with Gasteiger partial charge in [0.2, 0.25) is 9.73 Å². The molecule has 4 rings (SSSR count). The quantitative estimate of drug-likeness (QED) is 0.396. The molecule has 0 N–H and O–H groups in total. The molecule has 8 heteroatoms. The summed E-state index contributed by atoms with van der Waals surface area (Å²) in [6, 6.07) is 13.9. The summed E-state index contributed by atoms with van der Waals surface area (Å²) in [7, 11) is 3.32. The number of methoxy groups -OCH3 is 2. The van der Waals surface area contributed by atoms with Gasteiger partial charge in [0.1, 0.15) is 11.5 Å². The Morgan fingerprint density at radius 3 is 2.48 bits per heavy atom. The number of rotatable bonds is 6. The number of fused-ring (bicyclic) bond motifs is 1. The molecule has 0 fully saturated rings. The summed E-state index contributed by atoms with van der Waals surface area (Å²) in [5.74, 6) is 2.19. The van der Waals surface area contributed by atoms with Crippen LogP contribution >= 0.6 is 23.6 Å². The summed E-state index contributed by atoms with van der Waals surface area (Å²) in [5, 5.41) is 5.59. The highest BCUT2D eigenvalue weighted by Crippen LogP contribution is 2.38. The number of benzene rings is 2. The zero-order chi connectivity index (χ0) is 20.4. The minimum absolute atomic E-state index is 0.299. The van der Waals surface area contributed by atoms with E-state index in [9.17, 15) is 0 Å². The lowest BCUT2D eigenvalue weighted by molar-refractivity contribution is 0.392. The van der Waals surface area contributed by atoms with Crippen LogP contribution in [0.3, 0.4) is 0 Å². The third-order valence-electron chi connectivity index (χ3n) is 4.54. The Morgan fingerprint density at radius 2 is 1.79 bits per heavy atom. The van der Waals surface area contributed by atoms with Crippen LogP contribution in [-0.2, 0) is 6.42 Å². The highest BCUT2D eigenvalue weighted by atomic mass is 32.1. The second-order valence-corrected chi connectivity index (χ2v) is 7.73. The van der Waals surface area contributed by atoms with Gasteiger partial charge in [0.25, 0.3) is 0 Å². The van der Waals surface area contributed by atoms with Gasteiger partial charge in [-0.3, -0.25) is 0 Å². The van der Waals surface area contributed by atoms with Crippen LogP contribution in [0.4, 0.5) is 0 Å². The number of nitrogens with zero attached hydrogens (tertiary/aromatic N) is 4. The van der Waals surface area contributed by atoms with E-state index in [0.29, 0.717) is 21.3 Å². The van der Waals surface area contributed by atoms with Crippen LogP contribution < -0.4 is 9.47 Å². The van der Waals surface area contributed by atoms with Crippen molar-refractivity contribution < 1.29 is 9.47 Å². The fourth-order valence-corrected chi connectivity index (χ4v) is 4.36. The summed E-state index contributed by atoms with van der Waals surface area (Å²) in [4.78, 5) is 9.56. The van der Waals surface area contributed by atoms with E-state index in [2.05, 4.69) is 23.0 Å². The number of aryl methyl sites for hydroxylation is 1. The third-order valence-corrected chi connectivity index (χ3v) is 5.66. The van der Waals surface area contributed by atoms with Crippen LogP contribution in [0.25, 0.3) is 26.9 Å². The van der Waals surface area contributed by atoms with Gasteiger partial charge < -0.3 is 9.47 Å². The molecular weight excluding hydrogens is 404 g/mol. The lowest BCUT2D eigenvalue weighted by Gasteiger charge is -2.13. The molecule has 0 aliphatic carbocycles. The molecule has 0 saturated carbocycles. The van der Waals surface area contributed by atoms with Crippen molar-refractivity contribution in [2.45, 2.75) is 19.8 Å². The van der Waals surface area contributed by atoms with Crippen LogP contribution in [0.15, 0.2) is 42.5 Å². The first-order chi connectivity index (χ1) is 14.1. The second kappa shape index (κ2) is 8.26.